The lowest BCUT2D eigenvalue weighted by Gasteiger charge is -2.29. The Bertz CT molecular complexity index is 492. The van der Waals surface area contributed by atoms with Crippen molar-refractivity contribution < 1.29 is 9.59 Å². The molecule has 1 aromatic rings. The molecular formula is C15H18N2O2. The molecule has 0 saturated heterocycles. The summed E-state index contributed by atoms with van der Waals surface area (Å²) in [6.07, 6.45) is 4.11. The van der Waals surface area contributed by atoms with Gasteiger partial charge in [-0.1, -0.05) is 18.6 Å². The number of benzene rings is 1. The Balaban J connectivity index is 1.77. The van der Waals surface area contributed by atoms with Crippen molar-refractivity contribution in [3.63, 3.8) is 0 Å². The Hall–Kier alpha value is -1.68. The van der Waals surface area contributed by atoms with Crippen molar-refractivity contribution in [2.45, 2.75) is 31.7 Å². The van der Waals surface area contributed by atoms with E-state index < -0.39 is 0 Å². The maximum atomic E-state index is 12.2. The van der Waals surface area contributed by atoms with Gasteiger partial charge in [0.2, 0.25) is 0 Å². The average molecular weight is 258 g/mol. The largest absolute Gasteiger partial charge is 0.328 e. The zero-order valence-electron chi connectivity index (χ0n) is 10.8. The molecule has 2 unspecified atom stereocenters. The van der Waals surface area contributed by atoms with Crippen LogP contribution in [0.2, 0.25) is 0 Å². The van der Waals surface area contributed by atoms with Gasteiger partial charge in [-0.3, -0.25) is 14.5 Å². The molecule has 0 radical (unpaired) electrons. The normalized spacial score (nSPS) is 26.7. The quantitative estimate of drug-likeness (QED) is 0.823. The number of fused-ring (bicyclic) bond motifs is 1. The van der Waals surface area contributed by atoms with Gasteiger partial charge in [-0.05, 0) is 37.3 Å². The molecule has 19 heavy (non-hydrogen) atoms. The smallest absolute Gasteiger partial charge is 0.261 e. The number of imide groups is 1. The van der Waals surface area contributed by atoms with Gasteiger partial charge in [0.15, 0.2) is 0 Å². The van der Waals surface area contributed by atoms with Gasteiger partial charge >= 0.3 is 0 Å². The molecule has 4 heteroatoms. The van der Waals surface area contributed by atoms with Crippen molar-refractivity contribution >= 4 is 11.8 Å². The summed E-state index contributed by atoms with van der Waals surface area (Å²) < 4.78 is 0. The number of amides is 2. The predicted molar refractivity (Wildman–Crippen MR) is 71.7 cm³/mol. The van der Waals surface area contributed by atoms with Crippen molar-refractivity contribution in [1.82, 2.24) is 4.90 Å². The molecule has 2 atom stereocenters. The first-order valence-electron chi connectivity index (χ1n) is 6.87. The molecule has 0 spiro atoms. The fourth-order valence-electron chi connectivity index (χ4n) is 3.16. The molecular weight excluding hydrogens is 240 g/mol. The summed E-state index contributed by atoms with van der Waals surface area (Å²) in [6, 6.07) is 7.26. The van der Waals surface area contributed by atoms with Crippen molar-refractivity contribution in [2.75, 3.05) is 6.54 Å². The molecule has 1 fully saturated rings. The van der Waals surface area contributed by atoms with Gasteiger partial charge in [-0.2, -0.15) is 0 Å². The molecule has 1 saturated carbocycles. The second-order valence-electron chi connectivity index (χ2n) is 5.56. The average Bonchev–Trinajstić information content (AvgIpc) is 2.65. The molecule has 1 aliphatic heterocycles. The van der Waals surface area contributed by atoms with E-state index in [1.54, 1.807) is 24.3 Å². The van der Waals surface area contributed by atoms with Crippen LogP contribution in [0.1, 0.15) is 46.4 Å². The van der Waals surface area contributed by atoms with Crippen LogP contribution < -0.4 is 5.73 Å². The lowest BCUT2D eigenvalue weighted by atomic mass is 9.86. The van der Waals surface area contributed by atoms with E-state index in [1.165, 1.54) is 4.90 Å². The maximum Gasteiger partial charge on any atom is 0.261 e. The fraction of sp³-hybridized carbons (Fsp3) is 0.467. The highest BCUT2D eigenvalue weighted by molar-refractivity contribution is 6.21. The third kappa shape index (κ3) is 2.16. The lowest BCUT2D eigenvalue weighted by molar-refractivity contribution is 0.0613. The number of nitrogens with two attached hydrogens (primary N) is 1. The van der Waals surface area contributed by atoms with Crippen molar-refractivity contribution in [1.29, 1.82) is 0 Å². The van der Waals surface area contributed by atoms with Crippen LogP contribution in [0.4, 0.5) is 0 Å². The first kappa shape index (κ1) is 12.4. The van der Waals surface area contributed by atoms with Gasteiger partial charge in [0.05, 0.1) is 11.1 Å². The summed E-state index contributed by atoms with van der Waals surface area (Å²) >= 11 is 0. The third-order valence-corrected chi connectivity index (χ3v) is 4.14. The second kappa shape index (κ2) is 4.78. The lowest BCUT2D eigenvalue weighted by Crippen LogP contribution is -2.38. The van der Waals surface area contributed by atoms with Gasteiger partial charge in [0, 0.05) is 12.6 Å². The minimum Gasteiger partial charge on any atom is -0.328 e. The Morgan fingerprint density at radius 2 is 1.74 bits per heavy atom. The van der Waals surface area contributed by atoms with Crippen LogP contribution in [0.5, 0.6) is 0 Å². The molecule has 1 heterocycles. The van der Waals surface area contributed by atoms with Gasteiger partial charge in [-0.25, -0.2) is 0 Å². The zero-order valence-corrected chi connectivity index (χ0v) is 10.8. The highest BCUT2D eigenvalue weighted by atomic mass is 16.2. The first-order chi connectivity index (χ1) is 9.16. The highest BCUT2D eigenvalue weighted by Crippen LogP contribution is 2.28. The fourth-order valence-corrected chi connectivity index (χ4v) is 3.16. The number of carbonyl (C=O) groups excluding carboxylic acids is 2. The number of carbonyl (C=O) groups is 2. The van der Waals surface area contributed by atoms with E-state index in [2.05, 4.69) is 0 Å². The zero-order chi connectivity index (χ0) is 13.4. The topological polar surface area (TPSA) is 63.4 Å². The molecule has 0 aromatic heterocycles. The highest BCUT2D eigenvalue weighted by Gasteiger charge is 2.36. The van der Waals surface area contributed by atoms with Crippen molar-refractivity contribution in [3.05, 3.63) is 35.4 Å². The van der Waals surface area contributed by atoms with Crippen LogP contribution in [-0.2, 0) is 0 Å². The van der Waals surface area contributed by atoms with E-state index in [0.29, 0.717) is 23.6 Å². The summed E-state index contributed by atoms with van der Waals surface area (Å²) in [5.74, 6) is 0.0467. The molecule has 2 aliphatic rings. The van der Waals surface area contributed by atoms with E-state index in [0.717, 1.165) is 25.7 Å². The van der Waals surface area contributed by atoms with Gasteiger partial charge in [0.25, 0.3) is 11.8 Å². The summed E-state index contributed by atoms with van der Waals surface area (Å²) in [6.45, 7) is 0.514. The van der Waals surface area contributed by atoms with Crippen LogP contribution in [0.25, 0.3) is 0 Å². The van der Waals surface area contributed by atoms with Crippen LogP contribution in [0, 0.1) is 5.92 Å². The Kier molecular flexibility index (Phi) is 3.11. The first-order valence-corrected chi connectivity index (χ1v) is 6.87. The third-order valence-electron chi connectivity index (χ3n) is 4.14. The van der Waals surface area contributed by atoms with Gasteiger partial charge < -0.3 is 5.73 Å². The minimum absolute atomic E-state index is 0.153. The predicted octanol–water partition coefficient (Wildman–Crippen LogP) is 1.80. The van der Waals surface area contributed by atoms with Crippen LogP contribution in [-0.4, -0.2) is 29.3 Å². The van der Waals surface area contributed by atoms with Crippen LogP contribution in [0.3, 0.4) is 0 Å². The van der Waals surface area contributed by atoms with E-state index in [-0.39, 0.29) is 17.9 Å². The van der Waals surface area contributed by atoms with E-state index in [9.17, 15) is 9.59 Å². The molecule has 4 nitrogen and oxygen atoms in total. The summed E-state index contributed by atoms with van der Waals surface area (Å²) in [4.78, 5) is 25.9. The Morgan fingerprint density at radius 1 is 1.11 bits per heavy atom. The summed E-state index contributed by atoms with van der Waals surface area (Å²) in [7, 11) is 0. The number of hydrogen-bond donors (Lipinski definition) is 1. The van der Waals surface area contributed by atoms with Crippen LogP contribution >= 0.6 is 0 Å². The van der Waals surface area contributed by atoms with Crippen molar-refractivity contribution in [3.8, 4) is 0 Å². The Morgan fingerprint density at radius 3 is 2.32 bits per heavy atom. The van der Waals surface area contributed by atoms with E-state index in [4.69, 9.17) is 5.73 Å². The number of hydrogen-bond acceptors (Lipinski definition) is 3. The molecule has 2 amide bonds. The molecule has 100 valence electrons. The SMILES string of the molecule is NC1CCCC(CN2C(=O)c3ccccc3C2=O)C1. The number of rotatable bonds is 2. The number of nitrogens with zero attached hydrogens (tertiary/aromatic N) is 1. The molecule has 2 N–H and O–H groups in total. The van der Waals surface area contributed by atoms with Crippen molar-refractivity contribution in [2.24, 2.45) is 11.7 Å². The van der Waals surface area contributed by atoms with E-state index in [1.807, 2.05) is 0 Å². The molecule has 1 aliphatic carbocycles. The van der Waals surface area contributed by atoms with Gasteiger partial charge in [0.1, 0.15) is 0 Å². The molecule has 0 bridgehead atoms. The second-order valence-corrected chi connectivity index (χ2v) is 5.56. The molecule has 1 aromatic carbocycles. The van der Waals surface area contributed by atoms with Crippen LogP contribution in [0.15, 0.2) is 24.3 Å². The monoisotopic (exact) mass is 258 g/mol. The Labute approximate surface area is 112 Å². The minimum atomic E-state index is -0.153. The summed E-state index contributed by atoms with van der Waals surface area (Å²) in [5.41, 5.74) is 7.03. The van der Waals surface area contributed by atoms with E-state index >= 15 is 0 Å². The maximum absolute atomic E-state index is 12.2. The standard InChI is InChI=1S/C15H18N2O2/c16-11-5-3-4-10(8-11)9-17-14(18)12-6-1-2-7-13(12)15(17)19/h1-2,6-7,10-11H,3-5,8-9,16H2. The molecule has 3 rings (SSSR count). The van der Waals surface area contributed by atoms with Gasteiger partial charge in [-0.15, -0.1) is 0 Å². The summed E-state index contributed by atoms with van der Waals surface area (Å²) in [5, 5.41) is 0.